The quantitative estimate of drug-likeness (QED) is 0.573. The van der Waals surface area contributed by atoms with Crippen LogP contribution < -0.4 is 11.1 Å². The fraction of sp³-hybridized carbons (Fsp3) is 0.882. The second-order valence-corrected chi connectivity index (χ2v) is 8.70. The summed E-state index contributed by atoms with van der Waals surface area (Å²) in [5.74, 6) is -0.0971. The van der Waals surface area contributed by atoms with Gasteiger partial charge in [-0.2, -0.15) is 0 Å². The summed E-state index contributed by atoms with van der Waals surface area (Å²) in [5, 5.41) is 12.6. The normalized spacial score (nSPS) is 37.9. The Bertz CT molecular complexity index is 520. The second-order valence-electron chi connectivity index (χ2n) is 7.58. The minimum Gasteiger partial charge on any atom is -0.393 e. The summed E-state index contributed by atoms with van der Waals surface area (Å²) in [7, 11) is 0. The molecule has 1 saturated carbocycles. The summed E-state index contributed by atoms with van der Waals surface area (Å²) in [5.41, 5.74) is 6.46. The number of nitrogens with one attached hydrogen (secondary N) is 1. The van der Waals surface area contributed by atoms with E-state index in [2.05, 4.69) is 5.32 Å². The summed E-state index contributed by atoms with van der Waals surface area (Å²) in [6.07, 6.45) is 1.53. The zero-order chi connectivity index (χ0) is 18.8. The van der Waals surface area contributed by atoms with Crippen LogP contribution in [0.2, 0.25) is 0 Å². The lowest BCUT2D eigenvalue weighted by molar-refractivity contribution is -0.152. The Hall–Kier alpha value is -0.600. The number of amides is 2. The van der Waals surface area contributed by atoms with Crippen LogP contribution in [0.3, 0.4) is 0 Å². The molecule has 3 aliphatic rings. The van der Waals surface area contributed by atoms with Gasteiger partial charge in [0.25, 0.3) is 5.91 Å². The Kier molecular flexibility index (Phi) is 6.67. The van der Waals surface area contributed by atoms with E-state index in [9.17, 15) is 14.7 Å². The number of carbonyl (C=O) groups excluding carboxylic acids is 2. The molecule has 0 bridgehead atoms. The highest BCUT2D eigenvalue weighted by molar-refractivity contribution is 6.30. The molecule has 0 spiro atoms. The van der Waals surface area contributed by atoms with Gasteiger partial charge in [-0.3, -0.25) is 9.59 Å². The number of halogens is 2. The van der Waals surface area contributed by atoms with Crippen LogP contribution in [-0.2, 0) is 14.3 Å². The Balaban J connectivity index is 1.50. The van der Waals surface area contributed by atoms with Crippen LogP contribution in [0.4, 0.5) is 0 Å². The number of ether oxygens (including phenoxy) is 1. The zero-order valence-corrected chi connectivity index (χ0v) is 16.2. The first kappa shape index (κ1) is 20.1. The van der Waals surface area contributed by atoms with Crippen molar-refractivity contribution in [3.8, 4) is 0 Å². The van der Waals surface area contributed by atoms with Gasteiger partial charge in [-0.05, 0) is 31.6 Å². The number of likely N-dealkylation sites (tertiary alicyclic amines) is 1. The van der Waals surface area contributed by atoms with E-state index in [1.54, 1.807) is 4.90 Å². The van der Waals surface area contributed by atoms with Crippen LogP contribution in [-0.4, -0.2) is 77.1 Å². The van der Waals surface area contributed by atoms with E-state index >= 15 is 0 Å². The predicted molar refractivity (Wildman–Crippen MR) is 98.0 cm³/mol. The molecular weight excluding hydrogens is 381 g/mol. The van der Waals surface area contributed by atoms with Crippen LogP contribution in [0.15, 0.2) is 0 Å². The molecule has 0 aromatic rings. The summed E-state index contributed by atoms with van der Waals surface area (Å²) < 4.78 is 5.32. The lowest BCUT2D eigenvalue weighted by Crippen LogP contribution is -2.55. The third-order valence-corrected chi connectivity index (χ3v) is 7.01. The van der Waals surface area contributed by atoms with Crippen molar-refractivity contribution in [1.29, 1.82) is 0 Å². The largest absolute Gasteiger partial charge is 0.393 e. The van der Waals surface area contributed by atoms with Gasteiger partial charge in [0.05, 0.1) is 23.4 Å². The SMILES string of the molecule is N[C@H](C1CCN(C(=O)[C@@H]2CNC(=O)CO2)CC1)C1CC(Cl)C(Cl)CC1O. The van der Waals surface area contributed by atoms with Gasteiger partial charge < -0.3 is 25.8 Å². The standard InChI is InChI=1S/C17H27Cl2N3O4/c18-11-5-10(13(23)6-12(11)19)16(20)9-1-3-22(4-2-9)17(25)14-7-21-15(24)8-26-14/h9-14,16,23H,1-8,20H2,(H,21,24)/t10?,11?,12?,13?,14-,16+/m0/s1. The molecule has 3 fully saturated rings. The van der Waals surface area contributed by atoms with E-state index < -0.39 is 12.2 Å². The van der Waals surface area contributed by atoms with E-state index in [-0.39, 0.29) is 53.6 Å². The van der Waals surface area contributed by atoms with Crippen molar-refractivity contribution in [3.05, 3.63) is 0 Å². The molecule has 2 amide bonds. The number of aliphatic hydroxyl groups is 1. The molecule has 0 radical (unpaired) electrons. The molecule has 148 valence electrons. The van der Waals surface area contributed by atoms with Gasteiger partial charge in [0.2, 0.25) is 5.91 Å². The number of aliphatic hydroxyl groups excluding tert-OH is 1. The maximum Gasteiger partial charge on any atom is 0.253 e. The minimum absolute atomic E-state index is 0.0587. The highest BCUT2D eigenvalue weighted by Crippen LogP contribution is 2.37. The summed E-state index contributed by atoms with van der Waals surface area (Å²) in [4.78, 5) is 25.4. The van der Waals surface area contributed by atoms with Gasteiger partial charge in [-0.25, -0.2) is 0 Å². The van der Waals surface area contributed by atoms with Gasteiger partial charge in [0.15, 0.2) is 6.10 Å². The highest BCUT2D eigenvalue weighted by atomic mass is 35.5. The Morgan fingerprint density at radius 2 is 1.92 bits per heavy atom. The van der Waals surface area contributed by atoms with Gasteiger partial charge in [-0.15, -0.1) is 23.2 Å². The third-order valence-electron chi connectivity index (χ3n) is 5.92. The number of carbonyl (C=O) groups is 2. The number of morpholine rings is 1. The summed E-state index contributed by atoms with van der Waals surface area (Å²) in [6.45, 7) is 1.37. The molecule has 7 nitrogen and oxygen atoms in total. The molecule has 3 rings (SSSR count). The molecule has 2 aliphatic heterocycles. The number of nitrogens with zero attached hydrogens (tertiary/aromatic N) is 1. The minimum atomic E-state index is -0.601. The Morgan fingerprint density at radius 3 is 2.54 bits per heavy atom. The van der Waals surface area contributed by atoms with Crippen molar-refractivity contribution in [1.82, 2.24) is 10.2 Å². The van der Waals surface area contributed by atoms with Crippen molar-refractivity contribution in [2.45, 2.75) is 54.7 Å². The van der Waals surface area contributed by atoms with Crippen LogP contribution in [0.25, 0.3) is 0 Å². The lowest BCUT2D eigenvalue weighted by Gasteiger charge is -2.43. The molecule has 9 heteroatoms. The fourth-order valence-electron chi connectivity index (χ4n) is 4.24. The molecule has 6 atom stereocenters. The molecule has 0 aromatic carbocycles. The van der Waals surface area contributed by atoms with Gasteiger partial charge in [0, 0.05) is 25.0 Å². The van der Waals surface area contributed by atoms with Crippen molar-refractivity contribution in [3.63, 3.8) is 0 Å². The van der Waals surface area contributed by atoms with E-state index in [4.69, 9.17) is 33.7 Å². The van der Waals surface area contributed by atoms with Gasteiger partial charge >= 0.3 is 0 Å². The number of nitrogens with two attached hydrogens (primary N) is 1. The molecule has 1 aliphatic carbocycles. The first-order valence-electron chi connectivity index (χ1n) is 9.25. The first-order valence-corrected chi connectivity index (χ1v) is 10.1. The fourth-order valence-corrected chi connectivity index (χ4v) is 4.83. The average Bonchev–Trinajstić information content (AvgIpc) is 2.64. The predicted octanol–water partition coefficient (Wildman–Crippen LogP) is 0.0530. The smallest absolute Gasteiger partial charge is 0.253 e. The van der Waals surface area contributed by atoms with Crippen LogP contribution in [0.1, 0.15) is 25.7 Å². The third kappa shape index (κ3) is 4.44. The Labute approximate surface area is 163 Å². The Morgan fingerprint density at radius 1 is 1.27 bits per heavy atom. The van der Waals surface area contributed by atoms with Gasteiger partial charge in [-0.1, -0.05) is 0 Å². The molecule has 26 heavy (non-hydrogen) atoms. The van der Waals surface area contributed by atoms with Crippen molar-refractivity contribution >= 4 is 35.0 Å². The van der Waals surface area contributed by atoms with Crippen molar-refractivity contribution in [2.75, 3.05) is 26.2 Å². The highest BCUT2D eigenvalue weighted by Gasteiger charge is 2.41. The zero-order valence-electron chi connectivity index (χ0n) is 14.7. The number of piperidine rings is 1. The monoisotopic (exact) mass is 407 g/mol. The summed E-state index contributed by atoms with van der Waals surface area (Å²) >= 11 is 12.4. The molecule has 2 heterocycles. The second kappa shape index (κ2) is 8.61. The van der Waals surface area contributed by atoms with E-state index in [0.717, 1.165) is 12.8 Å². The molecule has 4 N–H and O–H groups in total. The molecular formula is C17H27Cl2N3O4. The number of hydrogen-bond donors (Lipinski definition) is 3. The average molecular weight is 408 g/mol. The number of alkyl halides is 2. The lowest BCUT2D eigenvalue weighted by atomic mass is 9.74. The first-order chi connectivity index (χ1) is 12.4. The summed E-state index contributed by atoms with van der Waals surface area (Å²) in [6, 6.07) is -0.155. The number of rotatable bonds is 3. The topological polar surface area (TPSA) is 105 Å². The maximum atomic E-state index is 12.5. The van der Waals surface area contributed by atoms with Crippen molar-refractivity contribution < 1.29 is 19.4 Å². The van der Waals surface area contributed by atoms with Gasteiger partial charge in [0.1, 0.15) is 6.61 Å². The molecule has 4 unspecified atom stereocenters. The van der Waals surface area contributed by atoms with Crippen LogP contribution in [0.5, 0.6) is 0 Å². The van der Waals surface area contributed by atoms with E-state index in [0.29, 0.717) is 25.9 Å². The molecule has 2 saturated heterocycles. The van der Waals surface area contributed by atoms with E-state index in [1.807, 2.05) is 0 Å². The molecule has 0 aromatic heterocycles. The van der Waals surface area contributed by atoms with Crippen LogP contribution >= 0.6 is 23.2 Å². The maximum absolute atomic E-state index is 12.5. The van der Waals surface area contributed by atoms with E-state index in [1.165, 1.54) is 0 Å². The van der Waals surface area contributed by atoms with Crippen molar-refractivity contribution in [2.24, 2.45) is 17.6 Å². The number of hydrogen-bond acceptors (Lipinski definition) is 5. The van der Waals surface area contributed by atoms with Crippen LogP contribution in [0, 0.1) is 11.8 Å².